The number of amides is 2. The highest BCUT2D eigenvalue weighted by atomic mass is 16.5. The Balaban J connectivity index is 1.77. The summed E-state index contributed by atoms with van der Waals surface area (Å²) in [6.45, 7) is 4.14. The van der Waals surface area contributed by atoms with E-state index >= 15 is 0 Å². The third-order valence-corrected chi connectivity index (χ3v) is 3.99. The third-order valence-electron chi connectivity index (χ3n) is 3.99. The number of benzene rings is 1. The van der Waals surface area contributed by atoms with Crippen LogP contribution in [0.25, 0.3) is 0 Å². The molecule has 1 aliphatic rings. The number of carbonyl (C=O) groups excluding carboxylic acids is 2. The number of hydrogen-bond donors (Lipinski definition) is 2. The molecule has 2 heterocycles. The van der Waals surface area contributed by atoms with Crippen molar-refractivity contribution in [3.63, 3.8) is 0 Å². The highest BCUT2D eigenvalue weighted by Crippen LogP contribution is 2.32. The van der Waals surface area contributed by atoms with E-state index in [1.165, 1.54) is 16.8 Å². The number of hydrogen-bond acceptors (Lipinski definition) is 5. The number of ether oxygens (including phenoxy) is 1. The SMILES string of the molecule is CCCCn1nc(C(=O)Nc2ccc3c(c2)NC(=O)[C@@H](C)O3)ccc1=O. The van der Waals surface area contributed by atoms with Crippen LogP contribution in [0, 0.1) is 0 Å². The molecule has 0 fully saturated rings. The van der Waals surface area contributed by atoms with Gasteiger partial charge in [-0.2, -0.15) is 5.10 Å². The Kier molecular flexibility index (Phi) is 5.01. The maximum atomic E-state index is 12.4. The average Bonchev–Trinajstić information content (AvgIpc) is 2.62. The lowest BCUT2D eigenvalue weighted by atomic mass is 10.2. The Hall–Kier alpha value is -3.16. The van der Waals surface area contributed by atoms with Crippen LogP contribution >= 0.6 is 0 Å². The van der Waals surface area contributed by atoms with Gasteiger partial charge in [0, 0.05) is 18.3 Å². The van der Waals surface area contributed by atoms with Crippen molar-refractivity contribution in [3.05, 3.63) is 46.4 Å². The molecular weight excluding hydrogens is 336 g/mol. The summed E-state index contributed by atoms with van der Waals surface area (Å²) in [7, 11) is 0. The minimum absolute atomic E-state index is 0.146. The first-order valence-corrected chi connectivity index (χ1v) is 8.49. The summed E-state index contributed by atoms with van der Waals surface area (Å²) in [4.78, 5) is 35.9. The van der Waals surface area contributed by atoms with Crippen LogP contribution in [0.4, 0.5) is 11.4 Å². The Morgan fingerprint density at radius 3 is 2.88 bits per heavy atom. The lowest BCUT2D eigenvalue weighted by Crippen LogP contribution is -2.34. The van der Waals surface area contributed by atoms with E-state index < -0.39 is 12.0 Å². The topological polar surface area (TPSA) is 102 Å². The Bertz CT molecular complexity index is 906. The number of rotatable bonds is 5. The molecule has 2 amide bonds. The number of fused-ring (bicyclic) bond motifs is 1. The maximum absolute atomic E-state index is 12.4. The summed E-state index contributed by atoms with van der Waals surface area (Å²) >= 11 is 0. The molecule has 8 nitrogen and oxygen atoms in total. The van der Waals surface area contributed by atoms with Gasteiger partial charge in [-0.05, 0) is 37.6 Å². The average molecular weight is 356 g/mol. The van der Waals surface area contributed by atoms with Crippen molar-refractivity contribution in [1.82, 2.24) is 9.78 Å². The van der Waals surface area contributed by atoms with Gasteiger partial charge in [0.25, 0.3) is 17.4 Å². The number of unbranched alkanes of at least 4 members (excludes halogenated alkanes) is 1. The van der Waals surface area contributed by atoms with E-state index in [-0.39, 0.29) is 17.2 Å². The first kappa shape index (κ1) is 17.7. The van der Waals surface area contributed by atoms with Crippen LogP contribution in [0.3, 0.4) is 0 Å². The molecule has 1 aliphatic heterocycles. The molecule has 0 saturated heterocycles. The molecule has 8 heteroatoms. The number of aromatic nitrogens is 2. The first-order valence-electron chi connectivity index (χ1n) is 8.49. The molecule has 0 radical (unpaired) electrons. The highest BCUT2D eigenvalue weighted by Gasteiger charge is 2.23. The lowest BCUT2D eigenvalue weighted by Gasteiger charge is -2.23. The molecule has 0 spiro atoms. The van der Waals surface area contributed by atoms with Gasteiger partial charge in [-0.1, -0.05) is 13.3 Å². The summed E-state index contributed by atoms with van der Waals surface area (Å²) in [5, 5.41) is 9.55. The highest BCUT2D eigenvalue weighted by molar-refractivity contribution is 6.04. The van der Waals surface area contributed by atoms with Gasteiger partial charge in [0.05, 0.1) is 5.69 Å². The van der Waals surface area contributed by atoms with Crippen LogP contribution < -0.4 is 20.9 Å². The van der Waals surface area contributed by atoms with Gasteiger partial charge >= 0.3 is 0 Å². The molecule has 0 bridgehead atoms. The smallest absolute Gasteiger partial charge is 0.276 e. The van der Waals surface area contributed by atoms with Crippen molar-refractivity contribution in [2.75, 3.05) is 10.6 Å². The van der Waals surface area contributed by atoms with Gasteiger partial charge in [0.15, 0.2) is 6.10 Å². The second-order valence-electron chi connectivity index (χ2n) is 6.05. The van der Waals surface area contributed by atoms with Crippen molar-refractivity contribution in [1.29, 1.82) is 0 Å². The van der Waals surface area contributed by atoms with E-state index in [2.05, 4.69) is 15.7 Å². The summed E-state index contributed by atoms with van der Waals surface area (Å²) < 4.78 is 6.77. The van der Waals surface area contributed by atoms with E-state index in [0.717, 1.165) is 12.8 Å². The zero-order chi connectivity index (χ0) is 18.7. The molecule has 1 atom stereocenters. The summed E-state index contributed by atoms with van der Waals surface area (Å²) in [6, 6.07) is 7.69. The minimum atomic E-state index is -0.559. The van der Waals surface area contributed by atoms with Crippen LogP contribution in [0.1, 0.15) is 37.2 Å². The molecule has 1 aromatic carbocycles. The Morgan fingerprint density at radius 1 is 1.31 bits per heavy atom. The van der Waals surface area contributed by atoms with E-state index in [1.807, 2.05) is 6.92 Å². The monoisotopic (exact) mass is 356 g/mol. The fourth-order valence-corrected chi connectivity index (χ4v) is 2.52. The zero-order valence-corrected chi connectivity index (χ0v) is 14.6. The minimum Gasteiger partial charge on any atom is -0.479 e. The van der Waals surface area contributed by atoms with Crippen LogP contribution in [0.5, 0.6) is 5.75 Å². The Labute approximate surface area is 150 Å². The van der Waals surface area contributed by atoms with Crippen LogP contribution in [-0.4, -0.2) is 27.7 Å². The van der Waals surface area contributed by atoms with Gasteiger partial charge in [0.1, 0.15) is 11.4 Å². The van der Waals surface area contributed by atoms with E-state index in [1.54, 1.807) is 25.1 Å². The lowest BCUT2D eigenvalue weighted by molar-refractivity contribution is -0.122. The number of carbonyl (C=O) groups is 2. The van der Waals surface area contributed by atoms with Gasteiger partial charge in [-0.3, -0.25) is 14.4 Å². The molecule has 0 saturated carbocycles. The first-order chi connectivity index (χ1) is 12.5. The van der Waals surface area contributed by atoms with E-state index in [4.69, 9.17) is 4.74 Å². The summed E-state index contributed by atoms with van der Waals surface area (Å²) in [6.07, 6.45) is 1.17. The molecular formula is C18H20N4O4. The number of nitrogens with zero attached hydrogens (tertiary/aromatic N) is 2. The fraction of sp³-hybridized carbons (Fsp3) is 0.333. The summed E-state index contributed by atoms with van der Waals surface area (Å²) in [5.41, 5.74) is 0.886. The van der Waals surface area contributed by atoms with Crippen molar-refractivity contribution >= 4 is 23.2 Å². The van der Waals surface area contributed by atoms with Crippen molar-refractivity contribution in [2.45, 2.75) is 39.3 Å². The van der Waals surface area contributed by atoms with Gasteiger partial charge in [-0.15, -0.1) is 0 Å². The van der Waals surface area contributed by atoms with Crippen molar-refractivity contribution < 1.29 is 14.3 Å². The van der Waals surface area contributed by atoms with Crippen molar-refractivity contribution in [3.8, 4) is 5.75 Å². The molecule has 0 unspecified atom stereocenters. The second kappa shape index (κ2) is 7.38. The quantitative estimate of drug-likeness (QED) is 0.853. The van der Waals surface area contributed by atoms with Crippen LogP contribution in [0.2, 0.25) is 0 Å². The number of aryl methyl sites for hydroxylation is 1. The predicted molar refractivity (Wildman–Crippen MR) is 96.5 cm³/mol. The van der Waals surface area contributed by atoms with Crippen molar-refractivity contribution in [2.24, 2.45) is 0 Å². The zero-order valence-electron chi connectivity index (χ0n) is 14.6. The molecule has 0 aliphatic carbocycles. The van der Waals surface area contributed by atoms with Gasteiger partial charge in [-0.25, -0.2) is 4.68 Å². The van der Waals surface area contributed by atoms with E-state index in [0.29, 0.717) is 23.7 Å². The molecule has 26 heavy (non-hydrogen) atoms. The largest absolute Gasteiger partial charge is 0.479 e. The molecule has 136 valence electrons. The molecule has 2 N–H and O–H groups in total. The molecule has 1 aromatic heterocycles. The molecule has 2 aromatic rings. The van der Waals surface area contributed by atoms with E-state index in [9.17, 15) is 14.4 Å². The predicted octanol–water partition coefficient (Wildman–Crippen LogP) is 2.02. The van der Waals surface area contributed by atoms with Gasteiger partial charge in [0.2, 0.25) is 0 Å². The fourth-order valence-electron chi connectivity index (χ4n) is 2.52. The second-order valence-corrected chi connectivity index (χ2v) is 6.05. The normalized spacial score (nSPS) is 15.6. The third kappa shape index (κ3) is 3.74. The maximum Gasteiger partial charge on any atom is 0.276 e. The van der Waals surface area contributed by atoms with Crippen LogP contribution in [0.15, 0.2) is 35.1 Å². The van der Waals surface area contributed by atoms with Crippen LogP contribution in [-0.2, 0) is 11.3 Å². The molecule has 3 rings (SSSR count). The standard InChI is InChI=1S/C18H20N4O4/c1-3-4-9-22-16(23)8-6-13(21-22)18(25)19-12-5-7-15-14(10-12)20-17(24)11(2)26-15/h5-8,10-11H,3-4,9H2,1-2H3,(H,19,25)(H,20,24)/t11-/m1/s1. The Morgan fingerprint density at radius 2 is 2.12 bits per heavy atom. The summed E-state index contributed by atoms with van der Waals surface area (Å²) in [5.74, 6) is -0.140. The number of nitrogens with one attached hydrogen (secondary N) is 2. The number of anilines is 2. The van der Waals surface area contributed by atoms with Gasteiger partial charge < -0.3 is 15.4 Å².